The summed E-state index contributed by atoms with van der Waals surface area (Å²) in [5.41, 5.74) is 4.63. The van der Waals surface area contributed by atoms with Crippen molar-refractivity contribution in [1.82, 2.24) is 10.2 Å². The molecule has 2 saturated heterocycles. The third-order valence-electron chi connectivity index (χ3n) is 5.79. The van der Waals surface area contributed by atoms with E-state index in [1.165, 1.54) is 12.7 Å². The van der Waals surface area contributed by atoms with Gasteiger partial charge in [0.15, 0.2) is 11.8 Å². The Morgan fingerprint density at radius 2 is 1.68 bits per heavy atom. The first-order chi connectivity index (χ1) is 16.5. The molecule has 0 bridgehead atoms. The minimum atomic E-state index is -0.924. The maximum absolute atomic E-state index is 12.0. The molecule has 2 fully saturated rings. The number of rotatable bonds is 7. The van der Waals surface area contributed by atoms with E-state index in [2.05, 4.69) is 46.3 Å². The molecule has 2 aromatic carbocycles. The van der Waals surface area contributed by atoms with Gasteiger partial charge in [-0.2, -0.15) is 0 Å². The maximum Gasteiger partial charge on any atom is 0.330 e. The predicted octanol–water partition coefficient (Wildman–Crippen LogP) is 2.13. The molecule has 7 heteroatoms. The average Bonchev–Trinajstić information content (AvgIpc) is 3.70. The molecule has 34 heavy (non-hydrogen) atoms. The minimum Gasteiger partial charge on any atom is -0.484 e. The lowest BCUT2D eigenvalue weighted by Gasteiger charge is -2.26. The summed E-state index contributed by atoms with van der Waals surface area (Å²) in [6, 6.07) is 15.2. The summed E-state index contributed by atoms with van der Waals surface area (Å²) in [6.07, 6.45) is -0.924. The molecule has 2 aliphatic rings. The zero-order valence-electron chi connectivity index (χ0n) is 19.5. The van der Waals surface area contributed by atoms with Crippen molar-refractivity contribution in [2.45, 2.75) is 25.6 Å². The number of carbonyl (C=O) groups excluding carboxylic acids is 1. The van der Waals surface area contributed by atoms with Crippen LogP contribution in [0.25, 0.3) is 5.70 Å². The van der Waals surface area contributed by atoms with E-state index >= 15 is 0 Å². The number of hydrogen-bond donors (Lipinski definition) is 2. The molecule has 0 radical (unpaired) electrons. The smallest absolute Gasteiger partial charge is 0.330 e. The number of nitrogens with zero attached hydrogens (tertiary/aromatic N) is 1. The Labute approximate surface area is 200 Å². The zero-order valence-corrected chi connectivity index (χ0v) is 19.5. The lowest BCUT2D eigenvalue weighted by molar-refractivity contribution is -0.145. The third kappa shape index (κ3) is 6.39. The van der Waals surface area contributed by atoms with Gasteiger partial charge < -0.3 is 24.6 Å². The van der Waals surface area contributed by atoms with Gasteiger partial charge in [-0.25, -0.2) is 4.79 Å². The van der Waals surface area contributed by atoms with Gasteiger partial charge in [-0.05, 0) is 36.8 Å². The number of esters is 1. The minimum absolute atomic E-state index is 0.485. The highest BCUT2D eigenvalue weighted by molar-refractivity contribution is 5.80. The molecule has 0 amide bonds. The van der Waals surface area contributed by atoms with Crippen LogP contribution in [0.1, 0.15) is 29.2 Å². The monoisotopic (exact) mass is 462 g/mol. The molecule has 0 aromatic heterocycles. The van der Waals surface area contributed by atoms with Crippen molar-refractivity contribution < 1.29 is 24.1 Å². The summed E-state index contributed by atoms with van der Waals surface area (Å²) >= 11 is 0. The maximum atomic E-state index is 12.0. The molecule has 2 N–H and O–H groups in total. The highest BCUT2D eigenvalue weighted by Crippen LogP contribution is 2.27. The molecule has 2 aromatic rings. The van der Waals surface area contributed by atoms with Crippen LogP contribution in [0, 0.1) is 11.8 Å². The fraction of sp³-hybridized carbons (Fsp3) is 0.370. The Balaban J connectivity index is 1.41. The number of nitrogens with one attached hydrogen (secondary N) is 1. The highest BCUT2D eigenvalue weighted by Gasteiger charge is 2.30. The molecule has 4 rings (SSSR count). The molecule has 2 unspecified atom stereocenters. The zero-order chi connectivity index (χ0) is 23.9. The van der Waals surface area contributed by atoms with Crippen LogP contribution < -0.4 is 5.32 Å². The highest BCUT2D eigenvalue weighted by atomic mass is 16.6. The van der Waals surface area contributed by atoms with E-state index in [9.17, 15) is 9.90 Å². The Kier molecular flexibility index (Phi) is 7.86. The van der Waals surface area contributed by atoms with Gasteiger partial charge in [0.1, 0.15) is 6.61 Å². The van der Waals surface area contributed by atoms with Gasteiger partial charge in [0, 0.05) is 36.3 Å². The summed E-state index contributed by atoms with van der Waals surface area (Å²) in [7, 11) is 1.30. The van der Waals surface area contributed by atoms with Crippen molar-refractivity contribution in [1.29, 1.82) is 0 Å². The third-order valence-corrected chi connectivity index (χ3v) is 5.79. The predicted molar refractivity (Wildman–Crippen MR) is 128 cm³/mol. The van der Waals surface area contributed by atoms with Crippen molar-refractivity contribution in [2.75, 3.05) is 40.0 Å². The van der Waals surface area contributed by atoms with Crippen molar-refractivity contribution in [3.63, 3.8) is 0 Å². The average molecular weight is 463 g/mol. The molecular weight excluding hydrogens is 432 g/mol. The number of benzene rings is 2. The summed E-state index contributed by atoms with van der Waals surface area (Å²) in [5, 5.41) is 13.1. The summed E-state index contributed by atoms with van der Waals surface area (Å²) in [6.45, 7) is 6.50. The second-order valence-electron chi connectivity index (χ2n) is 8.39. The summed E-state index contributed by atoms with van der Waals surface area (Å²) < 4.78 is 15.6. The summed E-state index contributed by atoms with van der Waals surface area (Å²) in [4.78, 5) is 14.4. The lowest BCUT2D eigenvalue weighted by atomic mass is 10.1. The lowest BCUT2D eigenvalue weighted by Crippen LogP contribution is -2.44. The van der Waals surface area contributed by atoms with E-state index in [1.807, 2.05) is 24.3 Å². The first-order valence-electron chi connectivity index (χ1n) is 11.4. The first kappa shape index (κ1) is 23.8. The van der Waals surface area contributed by atoms with Crippen LogP contribution in [0.2, 0.25) is 0 Å². The van der Waals surface area contributed by atoms with Crippen LogP contribution in [0.4, 0.5) is 0 Å². The van der Waals surface area contributed by atoms with Gasteiger partial charge in [0.2, 0.25) is 0 Å². The van der Waals surface area contributed by atoms with E-state index in [0.29, 0.717) is 12.3 Å². The Hall–Kier alpha value is -3.31. The number of aliphatic hydroxyl groups is 1. The molecule has 178 valence electrons. The van der Waals surface area contributed by atoms with Gasteiger partial charge in [0.05, 0.1) is 32.1 Å². The fourth-order valence-electron chi connectivity index (χ4n) is 3.74. The molecule has 7 nitrogen and oxygen atoms in total. The number of epoxide rings is 1. The van der Waals surface area contributed by atoms with Crippen LogP contribution in [0.5, 0.6) is 0 Å². The Morgan fingerprint density at radius 1 is 1.09 bits per heavy atom. The van der Waals surface area contributed by atoms with E-state index < -0.39 is 18.1 Å². The van der Waals surface area contributed by atoms with Crippen LogP contribution in [-0.2, 0) is 25.5 Å². The number of carbonyl (C=O) groups is 1. The number of ether oxygens (including phenoxy) is 3. The SMILES string of the molecule is COC(=O)C(N/C(=C1\CO1)c1ccc(C#Cc2ccc(CN3CCOCC3)cc2)cc1)C(C)O. The van der Waals surface area contributed by atoms with Crippen molar-refractivity contribution in [3.8, 4) is 11.8 Å². The molecule has 2 atom stereocenters. The van der Waals surface area contributed by atoms with Crippen molar-refractivity contribution in [2.24, 2.45) is 0 Å². The van der Waals surface area contributed by atoms with E-state index in [1.54, 1.807) is 6.92 Å². The van der Waals surface area contributed by atoms with Gasteiger partial charge in [-0.3, -0.25) is 4.90 Å². The van der Waals surface area contributed by atoms with E-state index in [4.69, 9.17) is 14.2 Å². The molecular formula is C27H30N2O5. The second kappa shape index (κ2) is 11.2. The van der Waals surface area contributed by atoms with Crippen molar-refractivity contribution in [3.05, 3.63) is 76.5 Å². The quantitative estimate of drug-likeness (QED) is 0.371. The van der Waals surface area contributed by atoms with E-state index in [-0.39, 0.29) is 0 Å². The van der Waals surface area contributed by atoms with Crippen molar-refractivity contribution >= 4 is 11.7 Å². The Bertz CT molecular complexity index is 1070. The van der Waals surface area contributed by atoms with Crippen LogP contribution in [0.15, 0.2) is 54.3 Å². The normalized spacial score (nSPS) is 18.6. The van der Waals surface area contributed by atoms with Gasteiger partial charge >= 0.3 is 5.97 Å². The van der Waals surface area contributed by atoms with Gasteiger partial charge in [-0.15, -0.1) is 0 Å². The number of morpholine rings is 1. The summed E-state index contributed by atoms with van der Waals surface area (Å²) in [5.74, 6) is 6.62. The van der Waals surface area contributed by atoms with Crippen LogP contribution in [-0.4, -0.2) is 68.1 Å². The van der Waals surface area contributed by atoms with E-state index in [0.717, 1.165) is 55.3 Å². The van der Waals surface area contributed by atoms with Gasteiger partial charge in [-0.1, -0.05) is 36.1 Å². The first-order valence-corrected chi connectivity index (χ1v) is 11.4. The van der Waals surface area contributed by atoms with Crippen LogP contribution >= 0.6 is 0 Å². The molecule has 0 aliphatic carbocycles. The van der Waals surface area contributed by atoms with Gasteiger partial charge in [0.25, 0.3) is 0 Å². The topological polar surface area (TPSA) is 83.6 Å². The Morgan fingerprint density at radius 3 is 2.21 bits per heavy atom. The number of aliphatic hydroxyl groups excluding tert-OH is 1. The molecule has 0 spiro atoms. The second-order valence-corrected chi connectivity index (χ2v) is 8.39. The number of methoxy groups -OCH3 is 1. The fourth-order valence-corrected chi connectivity index (χ4v) is 3.74. The van der Waals surface area contributed by atoms with Crippen LogP contribution in [0.3, 0.4) is 0 Å². The molecule has 0 saturated carbocycles. The molecule has 2 aliphatic heterocycles. The standard InChI is InChI=1S/C27H30N2O5/c1-19(30)25(27(31)32-2)28-26(24-18-34-24)23-11-9-21(10-12-23)4-3-20-5-7-22(8-6-20)17-29-13-15-33-16-14-29/h5-12,19,25,28,30H,13-18H2,1-2H3/b26-24+. The molecule has 2 heterocycles. The number of hydrogen-bond acceptors (Lipinski definition) is 7. The largest absolute Gasteiger partial charge is 0.484 e.